The van der Waals surface area contributed by atoms with E-state index in [1.165, 1.54) is 6.34 Å². The lowest BCUT2D eigenvalue weighted by molar-refractivity contribution is -0.0192. The second-order valence-corrected chi connectivity index (χ2v) is 8.69. The molecule has 1 saturated heterocycles. The molecule has 0 bridgehead atoms. The van der Waals surface area contributed by atoms with Gasteiger partial charge in [0.05, 0.1) is 31.5 Å². The third-order valence-corrected chi connectivity index (χ3v) is 6.19. The fraction of sp³-hybridized carbons (Fsp3) is 0.778. The second-order valence-electron chi connectivity index (χ2n) is 7.74. The lowest BCUT2D eigenvalue weighted by Crippen LogP contribution is -2.40. The molecule has 4 unspecified atom stereocenters. The zero-order valence-electron chi connectivity index (χ0n) is 16.2. The van der Waals surface area contributed by atoms with E-state index in [1.54, 1.807) is 6.92 Å². The third-order valence-electron chi connectivity index (χ3n) is 5.64. The van der Waals surface area contributed by atoms with Crippen LogP contribution in [0, 0.1) is 5.92 Å². The van der Waals surface area contributed by atoms with Gasteiger partial charge in [-0.05, 0) is 25.4 Å². The topological polar surface area (TPSA) is 122 Å². The lowest BCUT2D eigenvalue weighted by atomic mass is 9.86. The zero-order valence-corrected chi connectivity index (χ0v) is 17.3. The highest BCUT2D eigenvalue weighted by Gasteiger charge is 2.41. The summed E-state index contributed by atoms with van der Waals surface area (Å²) in [5, 5.41) is 23.0. The number of hydrogen-bond donors (Lipinski definition) is 4. The second kappa shape index (κ2) is 9.75. The van der Waals surface area contributed by atoms with Crippen LogP contribution in [0.2, 0.25) is 0 Å². The highest BCUT2D eigenvalue weighted by molar-refractivity contribution is 7.17. The monoisotopic (exact) mass is 434 g/mol. The van der Waals surface area contributed by atoms with E-state index in [4.69, 9.17) is 15.2 Å². The summed E-state index contributed by atoms with van der Waals surface area (Å²) in [5.74, 6) is -0.862. The molecule has 2 aliphatic heterocycles. The van der Waals surface area contributed by atoms with Gasteiger partial charge < -0.3 is 30.7 Å². The molecule has 0 radical (unpaired) electrons. The van der Waals surface area contributed by atoms with Crippen molar-refractivity contribution in [3.63, 3.8) is 0 Å². The minimum atomic E-state index is -1.29. The first kappa shape index (κ1) is 22.5. The van der Waals surface area contributed by atoms with Crippen molar-refractivity contribution in [3.05, 3.63) is 11.4 Å². The van der Waals surface area contributed by atoms with Crippen LogP contribution in [0.4, 0.5) is 8.78 Å². The van der Waals surface area contributed by atoms with E-state index in [-0.39, 0.29) is 31.5 Å². The van der Waals surface area contributed by atoms with Crippen molar-refractivity contribution in [1.29, 1.82) is 0 Å². The first-order valence-electron chi connectivity index (χ1n) is 9.74. The molecule has 29 heavy (non-hydrogen) atoms. The molecule has 2 fully saturated rings. The van der Waals surface area contributed by atoms with E-state index in [9.17, 15) is 19.0 Å². The normalized spacial score (nSPS) is 43.2. The molecule has 1 aliphatic carbocycles. The van der Waals surface area contributed by atoms with Crippen molar-refractivity contribution in [2.45, 2.75) is 74.8 Å². The maximum atomic E-state index is 14.3. The molecule has 1 saturated carbocycles. The first-order valence-corrected chi connectivity index (χ1v) is 10.4. The zero-order chi connectivity index (χ0) is 21.1. The van der Waals surface area contributed by atoms with E-state index in [0.717, 1.165) is 6.34 Å². The van der Waals surface area contributed by atoms with Gasteiger partial charge in [0.25, 0.3) is 0 Å². The summed E-state index contributed by atoms with van der Waals surface area (Å²) in [7, 11) is 2.48. The van der Waals surface area contributed by atoms with Gasteiger partial charge in [-0.2, -0.15) is 0 Å². The van der Waals surface area contributed by atoms with Gasteiger partial charge in [-0.15, -0.1) is 9.24 Å². The summed E-state index contributed by atoms with van der Waals surface area (Å²) in [6, 6.07) is 0. The van der Waals surface area contributed by atoms with Crippen LogP contribution in [-0.4, -0.2) is 78.1 Å². The molecular formula is C18H29F2N4O4P. The quantitative estimate of drug-likeness (QED) is 0.273. The van der Waals surface area contributed by atoms with Crippen molar-refractivity contribution in [1.82, 2.24) is 5.32 Å². The van der Waals surface area contributed by atoms with Crippen LogP contribution in [0.5, 0.6) is 0 Å². The van der Waals surface area contributed by atoms with E-state index >= 15 is 0 Å². The minimum absolute atomic E-state index is 0.0763. The number of aliphatic hydroxyl groups is 2. The van der Waals surface area contributed by atoms with Crippen LogP contribution >= 0.6 is 9.24 Å². The van der Waals surface area contributed by atoms with Crippen LogP contribution in [0.25, 0.3) is 0 Å². The van der Waals surface area contributed by atoms with Gasteiger partial charge >= 0.3 is 0 Å². The molecule has 0 aromatic carbocycles. The maximum Gasteiger partial charge on any atom is 0.194 e. The first-order chi connectivity index (χ1) is 13.8. The van der Waals surface area contributed by atoms with Crippen molar-refractivity contribution in [3.8, 4) is 0 Å². The van der Waals surface area contributed by atoms with Gasteiger partial charge in [0.2, 0.25) is 0 Å². The van der Waals surface area contributed by atoms with E-state index in [0.29, 0.717) is 11.4 Å². The minimum Gasteiger partial charge on any atom is -0.390 e. The fourth-order valence-electron chi connectivity index (χ4n) is 3.95. The Hall–Kier alpha value is -1.19. The molecule has 0 aromatic heterocycles. The highest BCUT2D eigenvalue weighted by Crippen LogP contribution is 2.35. The number of alkyl halides is 2. The van der Waals surface area contributed by atoms with Crippen LogP contribution in [-0.2, 0) is 9.47 Å². The van der Waals surface area contributed by atoms with E-state index in [1.807, 2.05) is 0 Å². The number of hydrogen-bond acceptors (Lipinski definition) is 7. The average Bonchev–Trinajstić information content (AvgIpc) is 2.90. The number of halogens is 2. The standard InChI is InChI=1S/C18H29F2N4O4P/c1-8-16(25)17(26)14(28-8)4-13-15(22-6-21)18(24-7-23-13)27-5-10-11(19)2-9(29)3-12(10)20/h6-12,14,16-18,25-26H,2-5,29H2,1H3,(H2,21,22)(H,23,24)/t8-,9?,10?,11?,12?,14+,16-,17+,18?/m1/s1. The largest absolute Gasteiger partial charge is 0.390 e. The summed E-state index contributed by atoms with van der Waals surface area (Å²) in [5.41, 5.74) is 6.26. The van der Waals surface area contributed by atoms with E-state index in [2.05, 4.69) is 24.5 Å². The molecule has 0 amide bonds. The number of aliphatic imine (C=N–C) groups is 2. The molecule has 8 nitrogen and oxygen atoms in total. The Kier molecular flexibility index (Phi) is 7.56. The molecule has 3 rings (SSSR count). The Balaban J connectivity index is 1.69. The molecule has 11 heteroatoms. The Morgan fingerprint density at radius 1 is 1.38 bits per heavy atom. The predicted octanol–water partition coefficient (Wildman–Crippen LogP) is 0.388. The van der Waals surface area contributed by atoms with Crippen molar-refractivity contribution < 1.29 is 28.5 Å². The Morgan fingerprint density at radius 3 is 2.66 bits per heavy atom. The number of ether oxygens (including phenoxy) is 2. The van der Waals surface area contributed by atoms with Crippen molar-refractivity contribution in [2.75, 3.05) is 6.61 Å². The maximum absolute atomic E-state index is 14.3. The molecule has 2 heterocycles. The van der Waals surface area contributed by atoms with E-state index < -0.39 is 48.9 Å². The number of rotatable bonds is 6. The molecule has 3 aliphatic rings. The number of nitrogens with one attached hydrogen (secondary N) is 1. The number of nitrogens with zero attached hydrogens (tertiary/aromatic N) is 2. The van der Waals surface area contributed by atoms with Gasteiger partial charge in [0.1, 0.15) is 30.2 Å². The number of nitrogens with two attached hydrogens (primary N) is 1. The summed E-state index contributed by atoms with van der Waals surface area (Å²) < 4.78 is 39.9. The molecule has 164 valence electrons. The average molecular weight is 434 g/mol. The molecule has 5 N–H and O–H groups in total. The molecular weight excluding hydrogens is 405 g/mol. The molecule has 0 spiro atoms. The summed E-state index contributed by atoms with van der Waals surface area (Å²) >= 11 is 0. The van der Waals surface area contributed by atoms with Gasteiger partial charge in [-0.3, -0.25) is 0 Å². The summed E-state index contributed by atoms with van der Waals surface area (Å²) in [4.78, 5) is 8.27. The van der Waals surface area contributed by atoms with Crippen molar-refractivity contribution >= 4 is 21.9 Å². The van der Waals surface area contributed by atoms with Gasteiger partial charge in [0, 0.05) is 18.0 Å². The fourth-order valence-corrected chi connectivity index (χ4v) is 4.47. The Bertz CT molecular complexity index is 656. The van der Waals surface area contributed by atoms with Crippen LogP contribution in [0.3, 0.4) is 0 Å². The Morgan fingerprint density at radius 2 is 2.07 bits per heavy atom. The van der Waals surface area contributed by atoms with Crippen LogP contribution in [0.15, 0.2) is 21.4 Å². The number of aliphatic hydroxyl groups excluding tert-OH is 2. The van der Waals surface area contributed by atoms with Gasteiger partial charge in [-0.1, -0.05) is 0 Å². The molecule has 8 atom stereocenters. The SMILES string of the molecule is C[C@H]1O[C@@H](CC2=C(N=CN)C(OCC3C(F)CC(P)CC3F)N=CN2)[C@H](O)[C@@H]1O. The lowest BCUT2D eigenvalue weighted by Gasteiger charge is -2.33. The van der Waals surface area contributed by atoms with Gasteiger partial charge in [0.15, 0.2) is 6.23 Å². The van der Waals surface area contributed by atoms with Crippen molar-refractivity contribution in [2.24, 2.45) is 21.6 Å². The highest BCUT2D eigenvalue weighted by atomic mass is 31.0. The summed E-state index contributed by atoms with van der Waals surface area (Å²) in [6.45, 7) is 1.53. The predicted molar refractivity (Wildman–Crippen MR) is 108 cm³/mol. The molecule has 0 aromatic rings. The summed E-state index contributed by atoms with van der Waals surface area (Å²) in [6.07, 6.45) is -3.43. The van der Waals surface area contributed by atoms with Crippen LogP contribution in [0.1, 0.15) is 26.2 Å². The third kappa shape index (κ3) is 5.11. The van der Waals surface area contributed by atoms with Gasteiger partial charge in [-0.25, -0.2) is 18.8 Å². The van der Waals surface area contributed by atoms with Crippen LogP contribution < -0.4 is 11.1 Å². The smallest absolute Gasteiger partial charge is 0.194 e. The Labute approximate surface area is 170 Å².